The van der Waals surface area contributed by atoms with Crippen LogP contribution in [0.1, 0.15) is 0 Å². The third kappa shape index (κ3) is 5.66. The van der Waals surface area contributed by atoms with Gasteiger partial charge >= 0.3 is 0 Å². The number of imidazole rings is 1. The fourth-order valence-electron chi connectivity index (χ4n) is 9.96. The summed E-state index contributed by atoms with van der Waals surface area (Å²) in [5.41, 5.74) is 11.2. The van der Waals surface area contributed by atoms with E-state index >= 15 is 0 Å². The lowest BCUT2D eigenvalue weighted by molar-refractivity contribution is 1.13. The summed E-state index contributed by atoms with van der Waals surface area (Å²) in [5, 5.41) is 14.3. The molecule has 3 aromatic heterocycles. The van der Waals surface area contributed by atoms with Gasteiger partial charge in [-0.3, -0.25) is 9.38 Å². The monoisotopic (exact) mass is 800 g/mol. The molecule has 0 unspecified atom stereocenters. The van der Waals surface area contributed by atoms with Gasteiger partial charge in [0, 0.05) is 34.6 Å². The molecule has 4 nitrogen and oxygen atoms in total. The predicted molar refractivity (Wildman–Crippen MR) is 263 cm³/mol. The van der Waals surface area contributed by atoms with Crippen LogP contribution < -0.4 is 0 Å². The van der Waals surface area contributed by atoms with Crippen LogP contribution in [0.2, 0.25) is 0 Å². The quantitative estimate of drug-likeness (QED) is 0.163. The molecule has 4 heteroatoms. The second-order valence-electron chi connectivity index (χ2n) is 16.4. The summed E-state index contributed by atoms with van der Waals surface area (Å²) in [6.07, 6.45) is 5.68. The molecule has 0 spiro atoms. The van der Waals surface area contributed by atoms with Crippen LogP contribution in [0, 0.1) is 0 Å². The van der Waals surface area contributed by atoms with Crippen molar-refractivity contribution in [2.75, 3.05) is 0 Å². The normalized spacial score (nSPS) is 11.8. The summed E-state index contributed by atoms with van der Waals surface area (Å²) in [6.45, 7) is 0. The number of hydrogen-bond donors (Lipinski definition) is 0. The van der Waals surface area contributed by atoms with Crippen LogP contribution in [-0.2, 0) is 0 Å². The van der Waals surface area contributed by atoms with E-state index in [1.807, 2.05) is 18.6 Å². The topological polar surface area (TPSA) is 43.1 Å². The first-order chi connectivity index (χ1) is 31.2. The van der Waals surface area contributed by atoms with Crippen molar-refractivity contribution in [2.24, 2.45) is 0 Å². The van der Waals surface area contributed by atoms with Crippen molar-refractivity contribution in [1.82, 2.24) is 19.4 Å². The van der Waals surface area contributed by atoms with Crippen molar-refractivity contribution in [1.29, 1.82) is 0 Å². The van der Waals surface area contributed by atoms with Gasteiger partial charge in [0.05, 0.1) is 29.0 Å². The number of aromatic nitrogens is 4. The lowest BCUT2D eigenvalue weighted by Crippen LogP contribution is -1.95. The molecule has 0 aliphatic carbocycles. The minimum absolute atomic E-state index is 0.799. The molecule has 0 aliphatic rings. The van der Waals surface area contributed by atoms with Crippen LogP contribution in [0.4, 0.5) is 0 Å². The molecular formula is C59H36N4. The zero-order chi connectivity index (χ0) is 41.4. The van der Waals surface area contributed by atoms with Gasteiger partial charge in [-0.2, -0.15) is 0 Å². The Labute approximate surface area is 363 Å². The highest BCUT2D eigenvalue weighted by Crippen LogP contribution is 2.44. The molecule has 13 aromatic rings. The molecule has 0 atom stereocenters. The number of pyridine rings is 1. The zero-order valence-corrected chi connectivity index (χ0v) is 34.1. The van der Waals surface area contributed by atoms with Gasteiger partial charge < -0.3 is 0 Å². The number of nitrogens with zero attached hydrogens (tertiary/aromatic N) is 4. The molecule has 3 heterocycles. The lowest BCUT2D eigenvalue weighted by Gasteiger charge is -2.17. The number of benzene rings is 10. The van der Waals surface area contributed by atoms with E-state index in [0.717, 1.165) is 67.0 Å². The minimum atomic E-state index is 0.799. The van der Waals surface area contributed by atoms with Crippen molar-refractivity contribution in [3.05, 3.63) is 219 Å². The molecule has 0 N–H and O–H groups in total. The van der Waals surface area contributed by atoms with E-state index in [-0.39, 0.29) is 0 Å². The van der Waals surface area contributed by atoms with E-state index in [1.165, 1.54) is 59.4 Å². The smallest absolute Gasteiger partial charge is 0.156 e. The molecule has 0 bridgehead atoms. The van der Waals surface area contributed by atoms with E-state index in [4.69, 9.17) is 9.97 Å². The van der Waals surface area contributed by atoms with E-state index in [0.29, 0.717) is 0 Å². The molecule has 0 amide bonds. The molecule has 13 rings (SSSR count). The Morgan fingerprint density at radius 3 is 1.52 bits per heavy atom. The third-order valence-corrected chi connectivity index (χ3v) is 12.9. The Morgan fingerprint density at radius 2 is 0.841 bits per heavy atom. The van der Waals surface area contributed by atoms with Crippen molar-refractivity contribution < 1.29 is 0 Å². The Hall–Kier alpha value is -8.47. The van der Waals surface area contributed by atoms with Crippen LogP contribution >= 0.6 is 0 Å². The van der Waals surface area contributed by atoms with Gasteiger partial charge in [0.1, 0.15) is 0 Å². The zero-order valence-electron chi connectivity index (χ0n) is 34.1. The number of hydrogen-bond acceptors (Lipinski definition) is 3. The first-order valence-corrected chi connectivity index (χ1v) is 21.4. The minimum Gasteiger partial charge on any atom is -0.296 e. The van der Waals surface area contributed by atoms with Gasteiger partial charge in [0.25, 0.3) is 0 Å². The fourth-order valence-corrected chi connectivity index (χ4v) is 9.96. The summed E-state index contributed by atoms with van der Waals surface area (Å²) in [7, 11) is 0. The van der Waals surface area contributed by atoms with Gasteiger partial charge in [0.15, 0.2) is 5.65 Å². The molecule has 0 saturated heterocycles. The third-order valence-electron chi connectivity index (χ3n) is 12.9. The highest BCUT2D eigenvalue weighted by Gasteiger charge is 2.22. The maximum atomic E-state index is 5.65. The van der Waals surface area contributed by atoms with Gasteiger partial charge in [-0.05, 0) is 106 Å². The van der Waals surface area contributed by atoms with Crippen LogP contribution in [0.15, 0.2) is 219 Å². The van der Waals surface area contributed by atoms with Gasteiger partial charge in [-0.1, -0.05) is 170 Å². The molecule has 0 aliphatic heterocycles. The van der Waals surface area contributed by atoms with Gasteiger partial charge in [0.2, 0.25) is 0 Å². The predicted octanol–water partition coefficient (Wildman–Crippen LogP) is 15.4. The average Bonchev–Trinajstić information content (AvgIpc) is 3.74. The Kier molecular flexibility index (Phi) is 7.87. The maximum Gasteiger partial charge on any atom is 0.156 e. The molecule has 63 heavy (non-hydrogen) atoms. The fraction of sp³-hybridized carbons (Fsp3) is 0. The maximum absolute atomic E-state index is 5.65. The van der Waals surface area contributed by atoms with E-state index in [1.54, 1.807) is 0 Å². The second-order valence-corrected chi connectivity index (χ2v) is 16.4. The molecule has 292 valence electrons. The van der Waals surface area contributed by atoms with Crippen LogP contribution in [0.25, 0.3) is 126 Å². The summed E-state index contributed by atoms with van der Waals surface area (Å²) in [4.78, 5) is 15.4. The second kappa shape index (κ2) is 14.1. The molecule has 0 saturated carbocycles. The number of rotatable bonds is 5. The largest absolute Gasteiger partial charge is 0.296 e. The first kappa shape index (κ1) is 35.3. The Morgan fingerprint density at radius 1 is 0.333 bits per heavy atom. The van der Waals surface area contributed by atoms with E-state index in [9.17, 15) is 0 Å². The van der Waals surface area contributed by atoms with Crippen LogP contribution in [0.3, 0.4) is 0 Å². The van der Waals surface area contributed by atoms with E-state index in [2.05, 4.69) is 210 Å². The molecule has 0 radical (unpaired) electrons. The highest BCUT2D eigenvalue weighted by molar-refractivity contribution is 6.16. The summed E-state index contributed by atoms with van der Waals surface area (Å²) in [6, 6.07) is 72.5. The Balaban J connectivity index is 1.08. The van der Waals surface area contributed by atoms with Crippen molar-refractivity contribution >= 4 is 70.3 Å². The van der Waals surface area contributed by atoms with Gasteiger partial charge in [-0.15, -0.1) is 0 Å². The standard InChI is InChI=1S/C59H36N4/c1-2-14-38-31-41(26-25-37(38)13-1)59-58(62-57-36-60-29-30-63(57)59)52-28-27-51(47-21-9-10-22-48(47)52)55-34-42(53-32-39-15-3-5-17-43(39)45-19-7-11-23-49(45)53)35-56(61-55)54-33-40-16-4-6-18-44(40)46-20-8-12-24-50(46)54/h1-36H. The molecule has 0 fully saturated rings. The van der Waals surface area contributed by atoms with Crippen LogP contribution in [-0.4, -0.2) is 19.4 Å². The summed E-state index contributed by atoms with van der Waals surface area (Å²) in [5.74, 6) is 0. The van der Waals surface area contributed by atoms with Crippen molar-refractivity contribution in [3.63, 3.8) is 0 Å². The SMILES string of the molecule is c1ccc2cc(-c3c(-c4ccc(-c5cc(-c6cc7ccccc7c7ccccc67)cc(-c6cc7ccccc7c7ccccc67)n5)c5ccccc45)nc4cnccn34)ccc2c1. The lowest BCUT2D eigenvalue weighted by atomic mass is 9.89. The summed E-state index contributed by atoms with van der Waals surface area (Å²) < 4.78 is 2.16. The molecule has 10 aromatic carbocycles. The van der Waals surface area contributed by atoms with Crippen molar-refractivity contribution in [3.8, 4) is 56.2 Å². The molecular weight excluding hydrogens is 765 g/mol. The number of fused-ring (bicyclic) bond motifs is 9. The van der Waals surface area contributed by atoms with Gasteiger partial charge in [-0.25, -0.2) is 9.97 Å². The van der Waals surface area contributed by atoms with Crippen LogP contribution in [0.5, 0.6) is 0 Å². The first-order valence-electron chi connectivity index (χ1n) is 21.4. The summed E-state index contributed by atoms with van der Waals surface area (Å²) >= 11 is 0. The Bertz CT molecular complexity index is 3850. The van der Waals surface area contributed by atoms with Crippen molar-refractivity contribution in [2.45, 2.75) is 0 Å². The highest BCUT2D eigenvalue weighted by atomic mass is 15.0. The van der Waals surface area contributed by atoms with E-state index < -0.39 is 0 Å². The average molecular weight is 801 g/mol.